The monoisotopic (exact) mass is 343 g/mol. The second-order valence-corrected chi connectivity index (χ2v) is 6.41. The minimum atomic E-state index is -0.0731. The van der Waals surface area contributed by atoms with Crippen molar-refractivity contribution in [3.8, 4) is 0 Å². The Kier molecular flexibility index (Phi) is 3.35. The van der Waals surface area contributed by atoms with Gasteiger partial charge in [0.15, 0.2) is 11.3 Å². The molecule has 3 aromatic heterocycles. The minimum Gasteiger partial charge on any atom is -0.361 e. The average molecular weight is 343 g/mol. The number of imidazole rings is 1. The molecule has 1 aliphatic heterocycles. The first-order chi connectivity index (χ1) is 12.8. The molecule has 6 heteroatoms. The normalized spacial score (nSPS) is 14.8. The van der Waals surface area contributed by atoms with Crippen LogP contribution >= 0.6 is 0 Å². The van der Waals surface area contributed by atoms with E-state index in [-0.39, 0.29) is 5.91 Å². The van der Waals surface area contributed by atoms with Crippen molar-refractivity contribution in [3.05, 3.63) is 72.6 Å². The largest absolute Gasteiger partial charge is 0.361 e. The van der Waals surface area contributed by atoms with Gasteiger partial charge in [-0.15, -0.1) is 0 Å². The van der Waals surface area contributed by atoms with Gasteiger partial charge in [0, 0.05) is 60.5 Å². The number of nitrogens with zero attached hydrogens (tertiary/aromatic N) is 4. The van der Waals surface area contributed by atoms with Crippen molar-refractivity contribution < 1.29 is 4.79 Å². The van der Waals surface area contributed by atoms with Crippen molar-refractivity contribution in [2.24, 2.45) is 0 Å². The number of hydrogen-bond acceptors (Lipinski definition) is 3. The van der Waals surface area contributed by atoms with Gasteiger partial charge in [0.1, 0.15) is 0 Å². The molecule has 0 radical (unpaired) electrons. The van der Waals surface area contributed by atoms with Gasteiger partial charge in [-0.2, -0.15) is 0 Å². The molecule has 0 atom stereocenters. The van der Waals surface area contributed by atoms with Crippen molar-refractivity contribution in [1.29, 1.82) is 0 Å². The van der Waals surface area contributed by atoms with Crippen LogP contribution in [0.5, 0.6) is 0 Å². The molecule has 0 saturated heterocycles. The topological polar surface area (TPSA) is 66.3 Å². The van der Waals surface area contributed by atoms with E-state index in [0.717, 1.165) is 11.9 Å². The summed E-state index contributed by atoms with van der Waals surface area (Å²) < 4.78 is 1.82. The molecule has 0 aliphatic carbocycles. The van der Waals surface area contributed by atoms with E-state index in [1.165, 1.54) is 16.5 Å². The number of amides is 1. The van der Waals surface area contributed by atoms with E-state index in [2.05, 4.69) is 45.4 Å². The Hall–Kier alpha value is -3.41. The number of nitrogens with one attached hydrogen (secondary N) is 1. The first-order valence-electron chi connectivity index (χ1n) is 8.64. The molecule has 128 valence electrons. The molecule has 0 bridgehead atoms. The van der Waals surface area contributed by atoms with Crippen molar-refractivity contribution in [3.63, 3.8) is 0 Å². The Morgan fingerprint density at radius 1 is 1.12 bits per heavy atom. The third kappa shape index (κ3) is 2.30. The van der Waals surface area contributed by atoms with Crippen LogP contribution in [0.2, 0.25) is 0 Å². The van der Waals surface area contributed by atoms with Crippen LogP contribution < -0.4 is 0 Å². The highest BCUT2D eigenvalue weighted by molar-refractivity contribution is 5.98. The van der Waals surface area contributed by atoms with E-state index in [0.29, 0.717) is 24.4 Å². The lowest BCUT2D eigenvalue weighted by Gasteiger charge is -2.26. The number of benzene rings is 1. The molecular weight excluding hydrogens is 326 g/mol. The van der Waals surface area contributed by atoms with Crippen LogP contribution in [0, 0.1) is 0 Å². The van der Waals surface area contributed by atoms with Crippen LogP contribution in [0.25, 0.3) is 22.1 Å². The summed E-state index contributed by atoms with van der Waals surface area (Å²) in [5.74, 6) is -0.0731. The molecule has 0 spiro atoms. The quantitative estimate of drug-likeness (QED) is 0.608. The van der Waals surface area contributed by atoms with Crippen molar-refractivity contribution in [1.82, 2.24) is 24.3 Å². The summed E-state index contributed by atoms with van der Waals surface area (Å²) in [5.41, 5.74) is 4.64. The summed E-state index contributed by atoms with van der Waals surface area (Å²) in [7, 11) is 0. The SMILES string of the molecule is O=C(c1nccn2ccnc12)N1CC=C(c2c[nH]c3ccccc23)CC1. The van der Waals surface area contributed by atoms with Gasteiger partial charge in [-0.1, -0.05) is 24.3 Å². The van der Waals surface area contributed by atoms with Gasteiger partial charge in [-0.3, -0.25) is 4.79 Å². The lowest BCUT2D eigenvalue weighted by Crippen LogP contribution is -2.35. The maximum absolute atomic E-state index is 12.9. The minimum absolute atomic E-state index is 0.0731. The van der Waals surface area contributed by atoms with Crippen LogP contribution in [0.15, 0.2) is 61.3 Å². The summed E-state index contributed by atoms with van der Waals surface area (Å²) in [4.78, 5) is 26.6. The fourth-order valence-electron chi connectivity index (χ4n) is 3.59. The number of aromatic amines is 1. The third-order valence-electron chi connectivity index (χ3n) is 4.95. The molecule has 1 aliphatic rings. The first kappa shape index (κ1) is 14.9. The van der Waals surface area contributed by atoms with E-state index in [4.69, 9.17) is 0 Å². The predicted molar refractivity (Wildman–Crippen MR) is 99.8 cm³/mol. The molecule has 26 heavy (non-hydrogen) atoms. The number of hydrogen-bond donors (Lipinski definition) is 1. The molecule has 0 fully saturated rings. The zero-order chi connectivity index (χ0) is 17.5. The summed E-state index contributed by atoms with van der Waals surface area (Å²) in [6, 6.07) is 8.29. The van der Waals surface area contributed by atoms with Crippen molar-refractivity contribution in [2.75, 3.05) is 13.1 Å². The molecule has 1 N–H and O–H groups in total. The van der Waals surface area contributed by atoms with E-state index in [9.17, 15) is 4.79 Å². The fraction of sp³-hybridized carbons (Fsp3) is 0.150. The summed E-state index contributed by atoms with van der Waals surface area (Å²) in [6.07, 6.45) is 12.0. The van der Waals surface area contributed by atoms with Crippen molar-refractivity contribution in [2.45, 2.75) is 6.42 Å². The number of fused-ring (bicyclic) bond motifs is 2. The number of carbonyl (C=O) groups is 1. The van der Waals surface area contributed by atoms with E-state index < -0.39 is 0 Å². The van der Waals surface area contributed by atoms with E-state index in [1.807, 2.05) is 21.6 Å². The van der Waals surface area contributed by atoms with Crippen LogP contribution in [0.4, 0.5) is 0 Å². The summed E-state index contributed by atoms with van der Waals surface area (Å²) in [5, 5.41) is 1.22. The number of aromatic nitrogens is 4. The lowest BCUT2D eigenvalue weighted by molar-refractivity contribution is 0.0768. The Balaban J connectivity index is 1.43. The maximum atomic E-state index is 12.9. The van der Waals surface area contributed by atoms with Crippen molar-refractivity contribution >= 4 is 28.0 Å². The number of rotatable bonds is 2. The van der Waals surface area contributed by atoms with Crippen LogP contribution in [-0.4, -0.2) is 43.2 Å². The highest BCUT2D eigenvalue weighted by atomic mass is 16.2. The summed E-state index contributed by atoms with van der Waals surface area (Å²) in [6.45, 7) is 1.25. The second kappa shape index (κ2) is 5.84. The standard InChI is InChI=1S/C20H17N5O/c26-20(18-19-22-8-12-24(19)11-7-21-18)25-9-5-14(6-10-25)16-13-23-17-4-2-1-3-15(16)17/h1-5,7-8,11-13,23H,6,9-10H2. The molecule has 0 unspecified atom stereocenters. The molecule has 1 aromatic carbocycles. The summed E-state index contributed by atoms with van der Waals surface area (Å²) >= 11 is 0. The maximum Gasteiger partial charge on any atom is 0.276 e. The third-order valence-corrected chi connectivity index (χ3v) is 4.95. The number of carbonyl (C=O) groups excluding carboxylic acids is 1. The second-order valence-electron chi connectivity index (χ2n) is 6.41. The number of H-pyrrole nitrogens is 1. The van der Waals surface area contributed by atoms with Crippen LogP contribution in [0.1, 0.15) is 22.5 Å². The van der Waals surface area contributed by atoms with Gasteiger partial charge >= 0.3 is 0 Å². The zero-order valence-corrected chi connectivity index (χ0v) is 14.1. The molecule has 1 amide bonds. The highest BCUT2D eigenvalue weighted by Crippen LogP contribution is 2.29. The Labute approximate surface area is 149 Å². The predicted octanol–water partition coefficient (Wildman–Crippen LogP) is 3.14. The van der Waals surface area contributed by atoms with E-state index >= 15 is 0 Å². The average Bonchev–Trinajstić information content (AvgIpc) is 3.34. The van der Waals surface area contributed by atoms with Crippen LogP contribution in [-0.2, 0) is 0 Å². The fourth-order valence-corrected chi connectivity index (χ4v) is 3.59. The van der Waals surface area contributed by atoms with E-state index in [1.54, 1.807) is 18.6 Å². The Morgan fingerprint density at radius 3 is 2.81 bits per heavy atom. The van der Waals surface area contributed by atoms with Gasteiger partial charge < -0.3 is 14.3 Å². The highest BCUT2D eigenvalue weighted by Gasteiger charge is 2.23. The van der Waals surface area contributed by atoms with Gasteiger partial charge in [-0.05, 0) is 18.1 Å². The Bertz CT molecular complexity index is 1150. The number of para-hydroxylation sites is 1. The first-order valence-corrected chi connectivity index (χ1v) is 8.64. The molecule has 4 aromatic rings. The van der Waals surface area contributed by atoms with Crippen LogP contribution in [0.3, 0.4) is 0 Å². The lowest BCUT2D eigenvalue weighted by atomic mass is 9.99. The van der Waals surface area contributed by atoms with Gasteiger partial charge in [0.05, 0.1) is 0 Å². The molecule has 0 saturated carbocycles. The molecular formula is C20H17N5O. The zero-order valence-electron chi connectivity index (χ0n) is 14.1. The smallest absolute Gasteiger partial charge is 0.276 e. The van der Waals surface area contributed by atoms with Gasteiger partial charge in [-0.25, -0.2) is 9.97 Å². The Morgan fingerprint density at radius 2 is 1.96 bits per heavy atom. The molecule has 6 nitrogen and oxygen atoms in total. The van der Waals surface area contributed by atoms with Gasteiger partial charge in [0.2, 0.25) is 0 Å². The molecule has 4 heterocycles. The van der Waals surface area contributed by atoms with Gasteiger partial charge in [0.25, 0.3) is 5.91 Å². The molecule has 5 rings (SSSR count).